The molecule has 2 atom stereocenters. The second-order valence-corrected chi connectivity index (χ2v) is 5.84. The minimum atomic E-state index is 0.446. The summed E-state index contributed by atoms with van der Waals surface area (Å²) in [5.41, 5.74) is 2.84. The molecule has 2 unspecified atom stereocenters. The van der Waals surface area contributed by atoms with Crippen molar-refractivity contribution >= 4 is 0 Å². The highest BCUT2D eigenvalue weighted by molar-refractivity contribution is 5.24. The summed E-state index contributed by atoms with van der Waals surface area (Å²) in [6.45, 7) is 12.5. The first kappa shape index (κ1) is 15.2. The SMILES string of the molecule is CCCc1ccc(C(C)NCC(C)C(C)C)cc1. The van der Waals surface area contributed by atoms with Gasteiger partial charge in [-0.2, -0.15) is 0 Å². The fourth-order valence-electron chi connectivity index (χ4n) is 1.98. The molecular formula is C17H29N. The molecule has 102 valence electrons. The van der Waals surface area contributed by atoms with Gasteiger partial charge >= 0.3 is 0 Å². The second-order valence-electron chi connectivity index (χ2n) is 5.84. The summed E-state index contributed by atoms with van der Waals surface area (Å²) in [5, 5.41) is 3.63. The number of aryl methyl sites for hydroxylation is 1. The van der Waals surface area contributed by atoms with E-state index in [-0.39, 0.29) is 0 Å². The van der Waals surface area contributed by atoms with E-state index >= 15 is 0 Å². The van der Waals surface area contributed by atoms with Gasteiger partial charge in [-0.25, -0.2) is 0 Å². The Kier molecular flexibility index (Phi) is 6.42. The lowest BCUT2D eigenvalue weighted by atomic mass is 9.97. The van der Waals surface area contributed by atoms with Crippen molar-refractivity contribution in [2.24, 2.45) is 11.8 Å². The molecule has 0 aliphatic carbocycles. The molecule has 0 amide bonds. The smallest absolute Gasteiger partial charge is 0.0291 e. The molecule has 1 rings (SSSR count). The molecule has 0 saturated carbocycles. The summed E-state index contributed by atoms with van der Waals surface area (Å²) in [6, 6.07) is 9.51. The van der Waals surface area contributed by atoms with Crippen molar-refractivity contribution in [3.8, 4) is 0 Å². The Balaban J connectivity index is 2.48. The Morgan fingerprint density at radius 3 is 2.11 bits per heavy atom. The van der Waals surface area contributed by atoms with Gasteiger partial charge in [0.05, 0.1) is 0 Å². The predicted octanol–water partition coefficient (Wildman–Crippen LogP) is 4.58. The van der Waals surface area contributed by atoms with Gasteiger partial charge in [-0.15, -0.1) is 0 Å². The molecule has 1 aromatic carbocycles. The van der Waals surface area contributed by atoms with Crippen molar-refractivity contribution in [1.82, 2.24) is 5.32 Å². The highest BCUT2D eigenvalue weighted by Gasteiger charge is 2.10. The maximum Gasteiger partial charge on any atom is 0.0291 e. The average molecular weight is 247 g/mol. The fraction of sp³-hybridized carbons (Fsp3) is 0.647. The van der Waals surface area contributed by atoms with Gasteiger partial charge in [0.2, 0.25) is 0 Å². The molecule has 0 aromatic heterocycles. The molecular weight excluding hydrogens is 218 g/mol. The molecule has 1 nitrogen and oxygen atoms in total. The first-order valence-electron chi connectivity index (χ1n) is 7.36. The zero-order chi connectivity index (χ0) is 13.5. The van der Waals surface area contributed by atoms with Crippen LogP contribution in [0.4, 0.5) is 0 Å². The lowest BCUT2D eigenvalue weighted by Gasteiger charge is -2.20. The van der Waals surface area contributed by atoms with Crippen LogP contribution in [0, 0.1) is 11.8 Å². The minimum absolute atomic E-state index is 0.446. The molecule has 0 radical (unpaired) electrons. The first-order chi connectivity index (χ1) is 8.54. The van der Waals surface area contributed by atoms with E-state index < -0.39 is 0 Å². The Labute approximate surface area is 113 Å². The average Bonchev–Trinajstić information content (AvgIpc) is 2.36. The van der Waals surface area contributed by atoms with Gasteiger partial charge in [0.1, 0.15) is 0 Å². The molecule has 0 aliphatic rings. The largest absolute Gasteiger partial charge is 0.310 e. The molecule has 0 aliphatic heterocycles. The van der Waals surface area contributed by atoms with Crippen LogP contribution < -0.4 is 5.32 Å². The number of hydrogen-bond donors (Lipinski definition) is 1. The quantitative estimate of drug-likeness (QED) is 0.743. The van der Waals surface area contributed by atoms with Gasteiger partial charge in [-0.1, -0.05) is 58.4 Å². The van der Waals surface area contributed by atoms with E-state index in [2.05, 4.69) is 64.2 Å². The third-order valence-electron chi connectivity index (χ3n) is 3.90. The fourth-order valence-corrected chi connectivity index (χ4v) is 1.98. The van der Waals surface area contributed by atoms with Gasteiger partial charge in [0.15, 0.2) is 0 Å². The van der Waals surface area contributed by atoms with Crippen LogP contribution in [0.15, 0.2) is 24.3 Å². The standard InChI is InChI=1S/C17H29N/c1-6-7-16-8-10-17(11-9-16)15(5)18-12-14(4)13(2)3/h8-11,13-15,18H,6-7,12H2,1-5H3. The van der Waals surface area contributed by atoms with E-state index in [9.17, 15) is 0 Å². The molecule has 0 spiro atoms. The maximum atomic E-state index is 3.63. The lowest BCUT2D eigenvalue weighted by Crippen LogP contribution is -2.26. The third kappa shape index (κ3) is 4.81. The summed E-state index contributed by atoms with van der Waals surface area (Å²) in [7, 11) is 0. The lowest BCUT2D eigenvalue weighted by molar-refractivity contribution is 0.375. The number of nitrogens with one attached hydrogen (secondary N) is 1. The van der Waals surface area contributed by atoms with Crippen LogP contribution in [0.2, 0.25) is 0 Å². The van der Waals surface area contributed by atoms with Crippen LogP contribution in [0.1, 0.15) is 58.2 Å². The summed E-state index contributed by atoms with van der Waals surface area (Å²) in [4.78, 5) is 0. The summed E-state index contributed by atoms with van der Waals surface area (Å²) >= 11 is 0. The molecule has 1 aromatic rings. The Morgan fingerprint density at radius 2 is 1.61 bits per heavy atom. The minimum Gasteiger partial charge on any atom is -0.310 e. The van der Waals surface area contributed by atoms with Crippen LogP contribution in [0.25, 0.3) is 0 Å². The molecule has 0 bridgehead atoms. The molecule has 0 heterocycles. The van der Waals surface area contributed by atoms with Gasteiger partial charge < -0.3 is 5.32 Å². The topological polar surface area (TPSA) is 12.0 Å². The van der Waals surface area contributed by atoms with Gasteiger partial charge in [-0.05, 0) is 42.9 Å². The van der Waals surface area contributed by atoms with Crippen molar-refractivity contribution in [3.05, 3.63) is 35.4 Å². The van der Waals surface area contributed by atoms with E-state index in [4.69, 9.17) is 0 Å². The van der Waals surface area contributed by atoms with Crippen LogP contribution >= 0.6 is 0 Å². The Hall–Kier alpha value is -0.820. The predicted molar refractivity (Wildman–Crippen MR) is 80.9 cm³/mol. The zero-order valence-corrected chi connectivity index (χ0v) is 12.7. The van der Waals surface area contributed by atoms with Crippen LogP contribution in [-0.4, -0.2) is 6.54 Å². The molecule has 0 saturated heterocycles. The molecule has 18 heavy (non-hydrogen) atoms. The number of rotatable bonds is 7. The Bertz CT molecular complexity index is 326. The van der Waals surface area contributed by atoms with E-state index in [1.54, 1.807) is 0 Å². The van der Waals surface area contributed by atoms with Crippen LogP contribution in [0.5, 0.6) is 0 Å². The second kappa shape index (κ2) is 7.58. The van der Waals surface area contributed by atoms with Crippen LogP contribution in [0.3, 0.4) is 0 Å². The van der Waals surface area contributed by atoms with E-state index in [1.165, 1.54) is 24.0 Å². The van der Waals surface area contributed by atoms with Crippen molar-refractivity contribution in [2.75, 3.05) is 6.54 Å². The molecule has 1 N–H and O–H groups in total. The van der Waals surface area contributed by atoms with Gasteiger partial charge in [-0.3, -0.25) is 0 Å². The van der Waals surface area contributed by atoms with Gasteiger partial charge in [0, 0.05) is 6.04 Å². The van der Waals surface area contributed by atoms with Crippen molar-refractivity contribution in [1.29, 1.82) is 0 Å². The highest BCUT2D eigenvalue weighted by Crippen LogP contribution is 2.16. The van der Waals surface area contributed by atoms with Gasteiger partial charge in [0.25, 0.3) is 0 Å². The third-order valence-corrected chi connectivity index (χ3v) is 3.90. The zero-order valence-electron chi connectivity index (χ0n) is 12.7. The molecule has 0 fully saturated rings. The molecule has 1 heteroatoms. The normalized spacial score (nSPS) is 14.8. The highest BCUT2D eigenvalue weighted by atomic mass is 14.9. The van der Waals surface area contributed by atoms with Crippen molar-refractivity contribution in [2.45, 2.75) is 53.5 Å². The number of hydrogen-bond acceptors (Lipinski definition) is 1. The van der Waals surface area contributed by atoms with Crippen molar-refractivity contribution < 1.29 is 0 Å². The summed E-state index contributed by atoms with van der Waals surface area (Å²) in [5.74, 6) is 1.48. The van der Waals surface area contributed by atoms with E-state index in [0.29, 0.717) is 6.04 Å². The Morgan fingerprint density at radius 1 is 1.00 bits per heavy atom. The number of benzene rings is 1. The van der Waals surface area contributed by atoms with E-state index in [0.717, 1.165) is 18.4 Å². The van der Waals surface area contributed by atoms with Crippen LogP contribution in [-0.2, 0) is 6.42 Å². The maximum absolute atomic E-state index is 3.63. The van der Waals surface area contributed by atoms with E-state index in [1.807, 2.05) is 0 Å². The monoisotopic (exact) mass is 247 g/mol. The first-order valence-corrected chi connectivity index (χ1v) is 7.36. The van der Waals surface area contributed by atoms with Crippen molar-refractivity contribution in [3.63, 3.8) is 0 Å². The summed E-state index contributed by atoms with van der Waals surface area (Å²) < 4.78 is 0. The summed E-state index contributed by atoms with van der Waals surface area (Å²) in [6.07, 6.45) is 2.41.